The zero-order chi connectivity index (χ0) is 13.7. The Morgan fingerprint density at radius 1 is 1.61 bits per heavy atom. The Kier molecular flexibility index (Phi) is 4.73. The third kappa shape index (κ3) is 3.24. The number of nitro groups is 1. The van der Waals surface area contributed by atoms with Crippen LogP contribution in [0.4, 0.5) is 15.8 Å². The van der Waals surface area contributed by atoms with E-state index >= 15 is 0 Å². The van der Waals surface area contributed by atoms with Crippen molar-refractivity contribution in [1.29, 1.82) is 0 Å². The van der Waals surface area contributed by atoms with Gasteiger partial charge in [0.25, 0.3) is 5.69 Å². The predicted octanol–water partition coefficient (Wildman–Crippen LogP) is 1.66. The maximum absolute atomic E-state index is 13.5. The molecule has 0 aliphatic heterocycles. The minimum Gasteiger partial charge on any atom is -0.330 e. The molecule has 6 nitrogen and oxygen atoms in total. The molecule has 0 spiro atoms. The first-order valence-corrected chi connectivity index (χ1v) is 5.41. The summed E-state index contributed by atoms with van der Waals surface area (Å²) in [5.74, 6) is -1.76. The Bertz CT molecular complexity index is 465. The van der Waals surface area contributed by atoms with Crippen molar-refractivity contribution in [3.05, 3.63) is 34.1 Å². The van der Waals surface area contributed by atoms with Gasteiger partial charge in [-0.05, 0) is 19.0 Å². The summed E-state index contributed by atoms with van der Waals surface area (Å²) in [6.07, 6.45) is 0.425. The number of carbonyl (C=O) groups excluding carboxylic acids is 1. The van der Waals surface area contributed by atoms with E-state index in [4.69, 9.17) is 5.73 Å². The molecule has 18 heavy (non-hydrogen) atoms. The van der Waals surface area contributed by atoms with Crippen molar-refractivity contribution in [2.75, 3.05) is 11.9 Å². The van der Waals surface area contributed by atoms with E-state index in [-0.39, 0.29) is 0 Å². The van der Waals surface area contributed by atoms with Crippen LogP contribution < -0.4 is 11.1 Å². The maximum atomic E-state index is 13.5. The zero-order valence-corrected chi connectivity index (χ0v) is 9.85. The van der Waals surface area contributed by atoms with Gasteiger partial charge >= 0.3 is 0 Å². The second kappa shape index (κ2) is 6.06. The van der Waals surface area contributed by atoms with Crippen LogP contribution in [-0.4, -0.2) is 17.4 Å². The lowest BCUT2D eigenvalue weighted by molar-refractivity contribution is -0.384. The predicted molar refractivity (Wildman–Crippen MR) is 64.5 cm³/mol. The molecule has 98 valence electrons. The summed E-state index contributed by atoms with van der Waals surface area (Å²) in [7, 11) is 0. The van der Waals surface area contributed by atoms with E-state index in [1.54, 1.807) is 6.92 Å². The summed E-state index contributed by atoms with van der Waals surface area (Å²) >= 11 is 0. The minimum absolute atomic E-state index is 0.313. The van der Waals surface area contributed by atoms with Crippen molar-refractivity contribution in [2.24, 2.45) is 11.7 Å². The molecule has 0 radical (unpaired) electrons. The van der Waals surface area contributed by atoms with Gasteiger partial charge in [-0.3, -0.25) is 14.9 Å². The Hall–Kier alpha value is -2.02. The second-order valence-corrected chi connectivity index (χ2v) is 3.86. The Balaban J connectivity index is 2.96. The Morgan fingerprint density at radius 2 is 2.28 bits per heavy atom. The fraction of sp³-hybridized carbons (Fsp3) is 0.364. The van der Waals surface area contributed by atoms with Crippen LogP contribution in [0.25, 0.3) is 0 Å². The van der Waals surface area contributed by atoms with E-state index in [0.29, 0.717) is 13.0 Å². The number of nitrogens with zero attached hydrogens (tertiary/aromatic N) is 1. The second-order valence-electron chi connectivity index (χ2n) is 3.86. The number of nitrogens with one attached hydrogen (secondary N) is 1. The molecule has 7 heteroatoms. The molecule has 0 aliphatic carbocycles. The van der Waals surface area contributed by atoms with Gasteiger partial charge in [0.05, 0.1) is 4.92 Å². The minimum atomic E-state index is -0.836. The van der Waals surface area contributed by atoms with Gasteiger partial charge in [0.1, 0.15) is 0 Å². The van der Waals surface area contributed by atoms with E-state index < -0.39 is 33.9 Å². The fourth-order valence-corrected chi connectivity index (χ4v) is 1.42. The van der Waals surface area contributed by atoms with Crippen molar-refractivity contribution in [1.82, 2.24) is 0 Å². The smallest absolute Gasteiger partial charge is 0.295 e. The Morgan fingerprint density at radius 3 is 2.83 bits per heavy atom. The molecule has 1 rings (SSSR count). The summed E-state index contributed by atoms with van der Waals surface area (Å²) in [4.78, 5) is 21.6. The number of nitro benzene ring substituents is 1. The normalized spacial score (nSPS) is 11.9. The lowest BCUT2D eigenvalue weighted by Crippen LogP contribution is -2.23. The summed E-state index contributed by atoms with van der Waals surface area (Å²) in [5.41, 5.74) is 4.43. The molecule has 1 atom stereocenters. The largest absolute Gasteiger partial charge is 0.330 e. The van der Waals surface area contributed by atoms with E-state index in [2.05, 4.69) is 5.32 Å². The molecule has 0 heterocycles. The number of hydrogen-bond acceptors (Lipinski definition) is 4. The van der Waals surface area contributed by atoms with Gasteiger partial charge < -0.3 is 11.1 Å². The molecule has 1 aromatic rings. The molecule has 3 N–H and O–H groups in total. The number of rotatable bonds is 5. The number of halogens is 1. The van der Waals surface area contributed by atoms with Crippen molar-refractivity contribution in [3.63, 3.8) is 0 Å². The number of amides is 1. The number of para-hydroxylation sites is 1. The molecule has 0 fully saturated rings. The van der Waals surface area contributed by atoms with Crippen LogP contribution >= 0.6 is 0 Å². The first-order chi connectivity index (χ1) is 8.47. The number of benzene rings is 1. The SMILES string of the molecule is CC(CCN)C(=O)Nc1c(F)cccc1[N+](=O)[O-]. The number of nitrogens with two attached hydrogens (primary N) is 1. The van der Waals surface area contributed by atoms with E-state index in [0.717, 1.165) is 12.1 Å². The topological polar surface area (TPSA) is 98.3 Å². The molecule has 0 aromatic heterocycles. The molecular formula is C11H14FN3O3. The van der Waals surface area contributed by atoms with Gasteiger partial charge in [0, 0.05) is 12.0 Å². The van der Waals surface area contributed by atoms with Crippen LogP contribution in [0.3, 0.4) is 0 Å². The van der Waals surface area contributed by atoms with Crippen molar-refractivity contribution in [2.45, 2.75) is 13.3 Å². The molecular weight excluding hydrogens is 241 g/mol. The highest BCUT2D eigenvalue weighted by Crippen LogP contribution is 2.27. The molecule has 1 aromatic carbocycles. The summed E-state index contributed by atoms with van der Waals surface area (Å²) in [6.45, 7) is 1.93. The third-order valence-corrected chi connectivity index (χ3v) is 2.48. The van der Waals surface area contributed by atoms with Gasteiger partial charge in [-0.15, -0.1) is 0 Å². The number of hydrogen-bond donors (Lipinski definition) is 2. The van der Waals surface area contributed by atoms with E-state index in [1.807, 2.05) is 0 Å². The highest BCUT2D eigenvalue weighted by molar-refractivity contribution is 5.94. The van der Waals surface area contributed by atoms with Crippen molar-refractivity contribution < 1.29 is 14.1 Å². The van der Waals surface area contributed by atoms with Crippen LogP contribution in [0.1, 0.15) is 13.3 Å². The zero-order valence-electron chi connectivity index (χ0n) is 9.85. The summed E-state index contributed by atoms with van der Waals surface area (Å²) < 4.78 is 13.5. The van der Waals surface area contributed by atoms with E-state index in [1.165, 1.54) is 6.07 Å². The lowest BCUT2D eigenvalue weighted by atomic mass is 10.1. The first-order valence-electron chi connectivity index (χ1n) is 5.41. The first kappa shape index (κ1) is 14.0. The molecule has 0 aliphatic rings. The average molecular weight is 255 g/mol. The molecule has 1 unspecified atom stereocenters. The standard InChI is InChI=1S/C11H14FN3O3/c1-7(5-6-13)11(16)14-10-8(12)3-2-4-9(10)15(17)18/h2-4,7H,5-6,13H2,1H3,(H,14,16). The highest BCUT2D eigenvalue weighted by atomic mass is 19.1. The summed E-state index contributed by atoms with van der Waals surface area (Å²) in [6, 6.07) is 3.40. The van der Waals surface area contributed by atoms with Gasteiger partial charge in [0.15, 0.2) is 11.5 Å². The molecule has 0 bridgehead atoms. The van der Waals surface area contributed by atoms with Crippen LogP contribution in [0, 0.1) is 21.8 Å². The van der Waals surface area contributed by atoms with Gasteiger partial charge in [0.2, 0.25) is 5.91 Å². The van der Waals surface area contributed by atoms with E-state index in [9.17, 15) is 19.3 Å². The van der Waals surface area contributed by atoms with Gasteiger partial charge in [-0.2, -0.15) is 0 Å². The fourth-order valence-electron chi connectivity index (χ4n) is 1.42. The number of anilines is 1. The maximum Gasteiger partial charge on any atom is 0.295 e. The van der Waals surface area contributed by atoms with Gasteiger partial charge in [-0.25, -0.2) is 4.39 Å². The van der Waals surface area contributed by atoms with Crippen LogP contribution in [0.15, 0.2) is 18.2 Å². The van der Waals surface area contributed by atoms with Crippen molar-refractivity contribution in [3.8, 4) is 0 Å². The van der Waals surface area contributed by atoms with Gasteiger partial charge in [-0.1, -0.05) is 13.0 Å². The van der Waals surface area contributed by atoms with Crippen molar-refractivity contribution >= 4 is 17.3 Å². The summed E-state index contributed by atoms with van der Waals surface area (Å²) in [5, 5.41) is 13.0. The highest BCUT2D eigenvalue weighted by Gasteiger charge is 2.21. The lowest BCUT2D eigenvalue weighted by Gasteiger charge is -2.11. The molecule has 1 amide bonds. The molecule has 0 saturated heterocycles. The average Bonchev–Trinajstić information content (AvgIpc) is 2.31. The number of carbonyl (C=O) groups is 1. The van der Waals surface area contributed by atoms with Crippen LogP contribution in [0.5, 0.6) is 0 Å². The van der Waals surface area contributed by atoms with Crippen LogP contribution in [0.2, 0.25) is 0 Å². The van der Waals surface area contributed by atoms with Crippen LogP contribution in [-0.2, 0) is 4.79 Å². The molecule has 0 saturated carbocycles. The monoisotopic (exact) mass is 255 g/mol. The Labute approximate surface area is 103 Å². The quantitative estimate of drug-likeness (QED) is 0.617. The third-order valence-electron chi connectivity index (χ3n) is 2.48.